The first kappa shape index (κ1) is 14.2. The molecule has 0 aromatic heterocycles. The fraction of sp³-hybridized carbons (Fsp3) is 0.700. The Labute approximate surface area is 104 Å². The molecule has 8 heteroatoms. The number of primary amides is 1. The molecule has 1 aliphatic heterocycles. The van der Waals surface area contributed by atoms with Crippen LogP contribution in [0.1, 0.15) is 6.92 Å². The van der Waals surface area contributed by atoms with Gasteiger partial charge in [0.05, 0.1) is 13.2 Å². The Kier molecular flexibility index (Phi) is 4.90. The quantitative estimate of drug-likeness (QED) is 0.651. The number of hydrogen-bond acceptors (Lipinski definition) is 4. The summed E-state index contributed by atoms with van der Waals surface area (Å²) in [6.45, 7) is 2.17. The highest BCUT2D eigenvalue weighted by Crippen LogP contribution is 2.10. The summed E-state index contributed by atoms with van der Waals surface area (Å²) in [4.78, 5) is 36.4. The normalized spacial score (nSPS) is 19.4. The number of aliphatic carboxylic acids is 1. The Hall–Kier alpha value is -1.83. The third kappa shape index (κ3) is 3.33. The number of carbonyl (C=O) groups is 3. The van der Waals surface area contributed by atoms with E-state index in [4.69, 9.17) is 15.6 Å². The molecule has 1 fully saturated rings. The van der Waals surface area contributed by atoms with Gasteiger partial charge in [0.15, 0.2) is 6.04 Å². The summed E-state index contributed by atoms with van der Waals surface area (Å²) in [6, 6.07) is -1.53. The fourth-order valence-corrected chi connectivity index (χ4v) is 1.72. The van der Waals surface area contributed by atoms with Gasteiger partial charge in [-0.1, -0.05) is 0 Å². The van der Waals surface area contributed by atoms with Crippen LogP contribution in [0.2, 0.25) is 0 Å². The van der Waals surface area contributed by atoms with Crippen LogP contribution in [0, 0.1) is 0 Å². The zero-order chi connectivity index (χ0) is 13.7. The van der Waals surface area contributed by atoms with E-state index in [-0.39, 0.29) is 32.8 Å². The number of rotatable bonds is 4. The van der Waals surface area contributed by atoms with Gasteiger partial charge in [-0.3, -0.25) is 4.79 Å². The largest absolute Gasteiger partial charge is 0.480 e. The molecule has 3 N–H and O–H groups in total. The minimum atomic E-state index is -1.13. The summed E-state index contributed by atoms with van der Waals surface area (Å²) in [5.74, 6) is -1.76. The monoisotopic (exact) mass is 259 g/mol. The van der Waals surface area contributed by atoms with E-state index in [0.29, 0.717) is 0 Å². The number of carboxylic acid groups (broad SMARTS) is 1. The molecular formula is C10H17N3O5. The first-order chi connectivity index (χ1) is 8.47. The molecule has 3 amide bonds. The van der Waals surface area contributed by atoms with Gasteiger partial charge in [-0.2, -0.15) is 0 Å². The number of amides is 3. The molecule has 102 valence electrons. The standard InChI is InChI=1S/C10H17N3O5/c1-2-12(5-8(11)14)10(17)13-3-4-18-6-7(13)9(15)16/h7H,2-6H2,1H3,(H2,11,14)(H,15,16). The molecule has 1 unspecified atom stereocenters. The van der Waals surface area contributed by atoms with Crippen molar-refractivity contribution >= 4 is 17.9 Å². The molecule has 1 heterocycles. The third-order valence-electron chi connectivity index (χ3n) is 2.66. The lowest BCUT2D eigenvalue weighted by molar-refractivity contribution is -0.147. The molecule has 0 saturated carbocycles. The number of morpholine rings is 1. The zero-order valence-electron chi connectivity index (χ0n) is 10.2. The molecule has 0 aromatic rings. The molecule has 1 saturated heterocycles. The van der Waals surface area contributed by atoms with Gasteiger partial charge >= 0.3 is 12.0 Å². The fourth-order valence-electron chi connectivity index (χ4n) is 1.72. The van der Waals surface area contributed by atoms with Gasteiger partial charge in [-0.25, -0.2) is 9.59 Å². The van der Waals surface area contributed by atoms with Crippen molar-refractivity contribution in [1.29, 1.82) is 0 Å². The summed E-state index contributed by atoms with van der Waals surface area (Å²) in [5, 5.41) is 9.01. The van der Waals surface area contributed by atoms with Crippen LogP contribution in [0.15, 0.2) is 0 Å². The van der Waals surface area contributed by atoms with E-state index in [1.54, 1.807) is 6.92 Å². The first-order valence-corrected chi connectivity index (χ1v) is 5.61. The van der Waals surface area contributed by atoms with Gasteiger partial charge < -0.3 is 25.4 Å². The SMILES string of the molecule is CCN(CC(N)=O)C(=O)N1CCOCC1C(=O)O. The number of ether oxygens (including phenoxy) is 1. The van der Waals surface area contributed by atoms with E-state index >= 15 is 0 Å². The lowest BCUT2D eigenvalue weighted by Gasteiger charge is -2.36. The molecule has 1 aliphatic rings. The average Bonchev–Trinajstić information content (AvgIpc) is 2.34. The van der Waals surface area contributed by atoms with Gasteiger partial charge in [-0.15, -0.1) is 0 Å². The molecule has 0 spiro atoms. The summed E-state index contributed by atoms with van der Waals surface area (Å²) < 4.78 is 5.03. The van der Waals surface area contributed by atoms with Crippen LogP contribution in [0.5, 0.6) is 0 Å². The number of carbonyl (C=O) groups excluding carboxylic acids is 2. The van der Waals surface area contributed by atoms with Crippen LogP contribution in [-0.2, 0) is 14.3 Å². The van der Waals surface area contributed by atoms with Gasteiger partial charge in [0.2, 0.25) is 5.91 Å². The number of nitrogens with two attached hydrogens (primary N) is 1. The Morgan fingerprint density at radius 3 is 2.67 bits per heavy atom. The molecule has 1 atom stereocenters. The molecule has 1 rings (SSSR count). The maximum atomic E-state index is 12.1. The van der Waals surface area contributed by atoms with Crippen molar-refractivity contribution in [2.45, 2.75) is 13.0 Å². The van der Waals surface area contributed by atoms with Crippen molar-refractivity contribution in [1.82, 2.24) is 9.80 Å². The smallest absolute Gasteiger partial charge is 0.328 e. The summed E-state index contributed by atoms with van der Waals surface area (Å²) in [6.07, 6.45) is 0. The molecule has 0 bridgehead atoms. The van der Waals surface area contributed by atoms with Crippen molar-refractivity contribution in [3.05, 3.63) is 0 Å². The Balaban J connectivity index is 2.78. The van der Waals surface area contributed by atoms with Gasteiger partial charge in [0, 0.05) is 13.1 Å². The highest BCUT2D eigenvalue weighted by Gasteiger charge is 2.34. The second-order valence-corrected chi connectivity index (χ2v) is 3.89. The Morgan fingerprint density at radius 1 is 1.50 bits per heavy atom. The number of likely N-dealkylation sites (N-methyl/N-ethyl adjacent to an activating group) is 1. The number of carboxylic acids is 1. The predicted molar refractivity (Wildman–Crippen MR) is 60.8 cm³/mol. The highest BCUT2D eigenvalue weighted by molar-refractivity contribution is 5.86. The molecule has 0 aliphatic carbocycles. The maximum absolute atomic E-state index is 12.1. The van der Waals surface area contributed by atoms with Crippen molar-refractivity contribution in [3.8, 4) is 0 Å². The molecular weight excluding hydrogens is 242 g/mol. The van der Waals surface area contributed by atoms with E-state index < -0.39 is 23.9 Å². The molecule has 8 nitrogen and oxygen atoms in total. The highest BCUT2D eigenvalue weighted by atomic mass is 16.5. The van der Waals surface area contributed by atoms with E-state index in [2.05, 4.69) is 0 Å². The second-order valence-electron chi connectivity index (χ2n) is 3.89. The zero-order valence-corrected chi connectivity index (χ0v) is 10.2. The minimum absolute atomic E-state index is 0.0464. The third-order valence-corrected chi connectivity index (χ3v) is 2.66. The van der Waals surface area contributed by atoms with Gasteiger partial charge in [0.1, 0.15) is 6.54 Å². The molecule has 0 aromatic carbocycles. The van der Waals surface area contributed by atoms with Gasteiger partial charge in [-0.05, 0) is 6.92 Å². The summed E-state index contributed by atoms with van der Waals surface area (Å²) in [5.41, 5.74) is 5.04. The number of nitrogens with zero attached hydrogens (tertiary/aromatic N) is 2. The summed E-state index contributed by atoms with van der Waals surface area (Å²) in [7, 11) is 0. The average molecular weight is 259 g/mol. The van der Waals surface area contributed by atoms with E-state index in [1.165, 1.54) is 9.80 Å². The predicted octanol–water partition coefficient (Wildman–Crippen LogP) is -1.30. The Bertz CT molecular complexity index is 346. The van der Waals surface area contributed by atoms with Crippen molar-refractivity contribution in [2.24, 2.45) is 5.73 Å². The van der Waals surface area contributed by atoms with E-state index in [1.807, 2.05) is 0 Å². The second kappa shape index (κ2) is 6.20. The first-order valence-electron chi connectivity index (χ1n) is 5.61. The van der Waals surface area contributed by atoms with Crippen LogP contribution in [0.3, 0.4) is 0 Å². The van der Waals surface area contributed by atoms with Crippen LogP contribution < -0.4 is 5.73 Å². The minimum Gasteiger partial charge on any atom is -0.480 e. The topological polar surface area (TPSA) is 113 Å². The number of urea groups is 1. The maximum Gasteiger partial charge on any atom is 0.328 e. The Morgan fingerprint density at radius 2 is 2.17 bits per heavy atom. The van der Waals surface area contributed by atoms with E-state index in [0.717, 1.165) is 0 Å². The van der Waals surface area contributed by atoms with Crippen LogP contribution >= 0.6 is 0 Å². The van der Waals surface area contributed by atoms with Crippen LogP contribution in [0.25, 0.3) is 0 Å². The lowest BCUT2D eigenvalue weighted by Crippen LogP contribution is -2.57. The number of hydrogen-bond donors (Lipinski definition) is 2. The molecule has 0 radical (unpaired) electrons. The summed E-state index contributed by atoms with van der Waals surface area (Å²) >= 11 is 0. The van der Waals surface area contributed by atoms with Crippen LogP contribution in [0.4, 0.5) is 4.79 Å². The van der Waals surface area contributed by atoms with Crippen molar-refractivity contribution in [3.63, 3.8) is 0 Å². The van der Waals surface area contributed by atoms with Gasteiger partial charge in [0.25, 0.3) is 0 Å². The van der Waals surface area contributed by atoms with Crippen molar-refractivity contribution < 1.29 is 24.2 Å². The lowest BCUT2D eigenvalue weighted by atomic mass is 10.2. The van der Waals surface area contributed by atoms with Crippen molar-refractivity contribution in [2.75, 3.05) is 32.8 Å². The molecule has 18 heavy (non-hydrogen) atoms. The van der Waals surface area contributed by atoms with Crippen LogP contribution in [-0.4, -0.2) is 71.7 Å². The van der Waals surface area contributed by atoms with E-state index in [9.17, 15) is 14.4 Å².